The highest BCUT2D eigenvalue weighted by atomic mass is 16.5. The summed E-state index contributed by atoms with van der Waals surface area (Å²) >= 11 is 0. The first-order valence-electron chi connectivity index (χ1n) is 10.9. The molecule has 4 unspecified atom stereocenters. The second-order valence-corrected chi connectivity index (χ2v) is 9.36. The van der Waals surface area contributed by atoms with Gasteiger partial charge in [-0.2, -0.15) is 0 Å². The number of piperidine rings is 1. The van der Waals surface area contributed by atoms with Gasteiger partial charge in [0, 0.05) is 30.5 Å². The van der Waals surface area contributed by atoms with Crippen molar-refractivity contribution >= 4 is 11.8 Å². The van der Waals surface area contributed by atoms with Crippen molar-refractivity contribution in [3.05, 3.63) is 23.8 Å². The van der Waals surface area contributed by atoms with E-state index < -0.39 is 0 Å². The third-order valence-electron chi connectivity index (χ3n) is 6.61. The van der Waals surface area contributed by atoms with Crippen molar-refractivity contribution in [3.8, 4) is 11.5 Å². The van der Waals surface area contributed by atoms with Crippen LogP contribution in [0.5, 0.6) is 11.5 Å². The number of rotatable bonds is 5. The van der Waals surface area contributed by atoms with Gasteiger partial charge in [0.25, 0.3) is 5.91 Å². The van der Waals surface area contributed by atoms with Crippen LogP contribution in [0.1, 0.15) is 58.4 Å². The Kier molecular flexibility index (Phi) is 5.45. The van der Waals surface area contributed by atoms with Crippen LogP contribution in [0, 0.1) is 11.8 Å². The van der Waals surface area contributed by atoms with Gasteiger partial charge in [0.05, 0.1) is 0 Å². The lowest BCUT2D eigenvalue weighted by Crippen LogP contribution is -2.55. The maximum Gasteiger partial charge on any atom is 0.258 e. The predicted molar refractivity (Wildman–Crippen MR) is 110 cm³/mol. The third kappa shape index (κ3) is 4.36. The fraction of sp³-hybridized carbons (Fsp3) is 0.652. The minimum Gasteiger partial charge on any atom is -0.483 e. The van der Waals surface area contributed by atoms with Crippen molar-refractivity contribution in [2.75, 3.05) is 6.61 Å². The summed E-state index contributed by atoms with van der Waals surface area (Å²) in [5.41, 5.74) is 0.869. The van der Waals surface area contributed by atoms with Crippen LogP contribution in [0.15, 0.2) is 18.2 Å². The first kappa shape index (κ1) is 20.0. The lowest BCUT2D eigenvalue weighted by atomic mass is 9.70. The molecule has 29 heavy (non-hydrogen) atoms. The molecule has 6 heteroatoms. The molecule has 4 atom stereocenters. The molecule has 0 bridgehead atoms. The molecule has 3 aliphatic rings. The number of amides is 2. The van der Waals surface area contributed by atoms with E-state index in [0.29, 0.717) is 24.0 Å². The summed E-state index contributed by atoms with van der Waals surface area (Å²) in [5, 5.41) is 6.24. The molecule has 4 rings (SSSR count). The molecule has 2 N–H and O–H groups in total. The van der Waals surface area contributed by atoms with Crippen molar-refractivity contribution in [3.63, 3.8) is 0 Å². The van der Waals surface area contributed by atoms with Gasteiger partial charge < -0.3 is 20.1 Å². The maximum absolute atomic E-state index is 12.5. The van der Waals surface area contributed by atoms with E-state index in [-0.39, 0.29) is 36.1 Å². The molecule has 2 fully saturated rings. The standard InChI is InChI=1S/C23H32N2O4/c1-4-14-10-20(26)25-18-11-16(8-9-17(14)18)24-21(27)13-28-19-7-5-6-15-12-23(2,3)29-22(15)19/h5-7,14,16-18H,4,8-13H2,1-3H3,(H,24,27)(H,25,26). The third-order valence-corrected chi connectivity index (χ3v) is 6.61. The number of benzene rings is 1. The van der Waals surface area contributed by atoms with Gasteiger partial charge in [0.15, 0.2) is 18.1 Å². The minimum absolute atomic E-state index is 0.0330. The molecule has 158 valence electrons. The number of hydrogen-bond donors (Lipinski definition) is 2. The Morgan fingerprint density at radius 3 is 2.97 bits per heavy atom. The molecule has 0 aromatic heterocycles. The maximum atomic E-state index is 12.5. The second-order valence-electron chi connectivity index (χ2n) is 9.36. The number of para-hydroxylation sites is 1. The van der Waals surface area contributed by atoms with Crippen molar-refractivity contribution in [1.29, 1.82) is 0 Å². The fourth-order valence-corrected chi connectivity index (χ4v) is 5.27. The number of carbonyl (C=O) groups excluding carboxylic acids is 2. The van der Waals surface area contributed by atoms with Gasteiger partial charge in [-0.05, 0) is 51.0 Å². The Hall–Kier alpha value is -2.24. The normalized spacial score (nSPS) is 29.8. The second kappa shape index (κ2) is 7.88. The highest BCUT2D eigenvalue weighted by Crippen LogP contribution is 2.41. The smallest absolute Gasteiger partial charge is 0.258 e. The minimum atomic E-state index is -0.247. The molecule has 2 heterocycles. The summed E-state index contributed by atoms with van der Waals surface area (Å²) in [7, 11) is 0. The van der Waals surface area contributed by atoms with Crippen molar-refractivity contribution in [1.82, 2.24) is 10.6 Å². The van der Waals surface area contributed by atoms with E-state index in [1.54, 1.807) is 0 Å². The Morgan fingerprint density at radius 1 is 1.34 bits per heavy atom. The Bertz CT molecular complexity index is 791. The topological polar surface area (TPSA) is 76.7 Å². The summed E-state index contributed by atoms with van der Waals surface area (Å²) in [6.45, 7) is 6.23. The van der Waals surface area contributed by atoms with Crippen molar-refractivity contribution in [2.45, 2.75) is 77.0 Å². The van der Waals surface area contributed by atoms with Crippen molar-refractivity contribution in [2.24, 2.45) is 11.8 Å². The van der Waals surface area contributed by atoms with Crippen LogP contribution in [0.25, 0.3) is 0 Å². The van der Waals surface area contributed by atoms with E-state index in [1.807, 2.05) is 32.0 Å². The van der Waals surface area contributed by atoms with Crippen LogP contribution < -0.4 is 20.1 Å². The molecule has 2 amide bonds. The van der Waals surface area contributed by atoms with E-state index in [1.165, 1.54) is 0 Å². The first-order chi connectivity index (χ1) is 13.8. The summed E-state index contributed by atoms with van der Waals surface area (Å²) in [5.74, 6) is 2.40. The van der Waals surface area contributed by atoms with E-state index in [4.69, 9.17) is 9.47 Å². The molecule has 0 radical (unpaired) electrons. The van der Waals surface area contributed by atoms with E-state index >= 15 is 0 Å². The molecule has 0 spiro atoms. The average molecular weight is 401 g/mol. The molecule has 1 saturated heterocycles. The zero-order valence-electron chi connectivity index (χ0n) is 17.6. The van der Waals surface area contributed by atoms with Gasteiger partial charge in [0.1, 0.15) is 5.60 Å². The Labute approximate surface area is 172 Å². The summed E-state index contributed by atoms with van der Waals surface area (Å²) in [6, 6.07) is 6.08. The monoisotopic (exact) mass is 400 g/mol. The Morgan fingerprint density at radius 2 is 2.17 bits per heavy atom. The molecule has 6 nitrogen and oxygen atoms in total. The lowest BCUT2D eigenvalue weighted by molar-refractivity contribution is -0.127. The average Bonchev–Trinajstić information content (AvgIpc) is 2.99. The van der Waals surface area contributed by atoms with Gasteiger partial charge in [-0.15, -0.1) is 0 Å². The summed E-state index contributed by atoms with van der Waals surface area (Å²) < 4.78 is 11.8. The van der Waals surface area contributed by atoms with Crippen LogP contribution in [0.2, 0.25) is 0 Å². The SMILES string of the molecule is CCC1CC(=O)NC2CC(NC(=O)COc3cccc4c3OC(C)(C)C4)CCC12. The van der Waals surface area contributed by atoms with Crippen LogP contribution in [-0.4, -0.2) is 36.1 Å². The molecule has 1 aromatic rings. The van der Waals surface area contributed by atoms with Gasteiger partial charge in [-0.3, -0.25) is 9.59 Å². The highest BCUT2D eigenvalue weighted by molar-refractivity contribution is 5.78. The van der Waals surface area contributed by atoms with Crippen LogP contribution in [0.4, 0.5) is 0 Å². The predicted octanol–water partition coefficient (Wildman–Crippen LogP) is 2.98. The fourth-order valence-electron chi connectivity index (χ4n) is 5.27. The summed E-state index contributed by atoms with van der Waals surface area (Å²) in [4.78, 5) is 24.5. The quantitative estimate of drug-likeness (QED) is 0.797. The van der Waals surface area contributed by atoms with Crippen LogP contribution >= 0.6 is 0 Å². The van der Waals surface area contributed by atoms with Gasteiger partial charge in [0.2, 0.25) is 5.91 Å². The molecule has 2 aliphatic heterocycles. The highest BCUT2D eigenvalue weighted by Gasteiger charge is 2.40. The van der Waals surface area contributed by atoms with Crippen LogP contribution in [0.3, 0.4) is 0 Å². The van der Waals surface area contributed by atoms with Gasteiger partial charge in [-0.25, -0.2) is 0 Å². The first-order valence-corrected chi connectivity index (χ1v) is 10.9. The van der Waals surface area contributed by atoms with Gasteiger partial charge in [-0.1, -0.05) is 25.5 Å². The zero-order valence-corrected chi connectivity index (χ0v) is 17.6. The van der Waals surface area contributed by atoms with E-state index in [9.17, 15) is 9.59 Å². The lowest BCUT2D eigenvalue weighted by Gasteiger charge is -2.44. The number of carbonyl (C=O) groups is 2. The molecular weight excluding hydrogens is 368 g/mol. The van der Waals surface area contributed by atoms with E-state index in [2.05, 4.69) is 17.6 Å². The summed E-state index contributed by atoms with van der Waals surface area (Å²) in [6.07, 6.45) is 5.32. The van der Waals surface area contributed by atoms with Crippen LogP contribution in [-0.2, 0) is 16.0 Å². The zero-order chi connectivity index (χ0) is 20.6. The van der Waals surface area contributed by atoms with E-state index in [0.717, 1.165) is 43.4 Å². The number of fused-ring (bicyclic) bond motifs is 2. The molecular formula is C23H32N2O4. The van der Waals surface area contributed by atoms with Gasteiger partial charge >= 0.3 is 0 Å². The molecule has 1 aromatic carbocycles. The molecule has 1 aliphatic carbocycles. The molecule has 1 saturated carbocycles. The number of nitrogens with one attached hydrogen (secondary N) is 2. The van der Waals surface area contributed by atoms with Crippen molar-refractivity contribution < 1.29 is 19.1 Å². The Balaban J connectivity index is 1.30. The number of ether oxygens (including phenoxy) is 2. The largest absolute Gasteiger partial charge is 0.483 e. The number of hydrogen-bond acceptors (Lipinski definition) is 4.